The Kier molecular flexibility index (Phi) is 4.94. The van der Waals surface area contributed by atoms with Crippen molar-refractivity contribution in [1.29, 1.82) is 0 Å². The lowest BCUT2D eigenvalue weighted by Gasteiger charge is -2.22. The van der Waals surface area contributed by atoms with Gasteiger partial charge in [0.25, 0.3) is 0 Å². The van der Waals surface area contributed by atoms with Crippen molar-refractivity contribution in [3.8, 4) is 0 Å². The van der Waals surface area contributed by atoms with Crippen molar-refractivity contribution in [2.45, 2.75) is 50.0 Å². The van der Waals surface area contributed by atoms with Crippen molar-refractivity contribution < 1.29 is 9.32 Å². The number of thioether (sulfide) groups is 1. The van der Waals surface area contributed by atoms with E-state index in [2.05, 4.69) is 55.2 Å². The second-order valence-electron chi connectivity index (χ2n) is 7.10. The molecule has 0 bridgehead atoms. The summed E-state index contributed by atoms with van der Waals surface area (Å²) in [5.41, 5.74) is 1.45. The molecule has 128 valence electrons. The Morgan fingerprint density at radius 3 is 2.71 bits per heavy atom. The third-order valence-corrected chi connectivity index (χ3v) is 5.33. The molecule has 0 aliphatic carbocycles. The van der Waals surface area contributed by atoms with E-state index in [0.29, 0.717) is 11.6 Å². The Bertz CT molecular complexity index is 677. The van der Waals surface area contributed by atoms with Gasteiger partial charge >= 0.3 is 0 Å². The van der Waals surface area contributed by atoms with Gasteiger partial charge in [-0.05, 0) is 36.0 Å². The van der Waals surface area contributed by atoms with Gasteiger partial charge in [0, 0.05) is 11.4 Å². The van der Waals surface area contributed by atoms with Crippen LogP contribution in [0.15, 0.2) is 40.1 Å². The van der Waals surface area contributed by atoms with Gasteiger partial charge in [-0.15, -0.1) is 11.8 Å². The van der Waals surface area contributed by atoms with Crippen LogP contribution in [0.1, 0.15) is 51.0 Å². The first-order chi connectivity index (χ1) is 11.4. The number of hydrogen-bond donors (Lipinski definition) is 0. The van der Waals surface area contributed by atoms with Crippen molar-refractivity contribution in [2.75, 3.05) is 12.3 Å². The van der Waals surface area contributed by atoms with Gasteiger partial charge in [0.05, 0.1) is 11.8 Å². The summed E-state index contributed by atoms with van der Waals surface area (Å²) in [6, 6.07) is 8.44. The predicted molar refractivity (Wildman–Crippen MR) is 93.9 cm³/mol. The fourth-order valence-corrected chi connectivity index (χ4v) is 3.72. The van der Waals surface area contributed by atoms with Crippen LogP contribution in [0.3, 0.4) is 0 Å². The Morgan fingerprint density at radius 1 is 1.33 bits per heavy atom. The quantitative estimate of drug-likeness (QED) is 0.788. The Labute approximate surface area is 146 Å². The van der Waals surface area contributed by atoms with Gasteiger partial charge in [-0.25, -0.2) is 0 Å². The van der Waals surface area contributed by atoms with Crippen LogP contribution in [-0.4, -0.2) is 33.2 Å². The summed E-state index contributed by atoms with van der Waals surface area (Å²) in [5, 5.41) is 3.90. The van der Waals surface area contributed by atoms with E-state index in [1.165, 1.54) is 12.0 Å². The van der Waals surface area contributed by atoms with Crippen molar-refractivity contribution in [3.63, 3.8) is 0 Å². The maximum Gasteiger partial charge on any atom is 0.233 e. The van der Waals surface area contributed by atoms with Crippen LogP contribution >= 0.6 is 11.8 Å². The number of hydrogen-bond acceptors (Lipinski definition) is 5. The number of rotatable bonds is 4. The summed E-state index contributed by atoms with van der Waals surface area (Å²) in [4.78, 5) is 19.7. The number of benzene rings is 1. The summed E-state index contributed by atoms with van der Waals surface area (Å²) >= 11 is 1.58. The number of carbonyl (C=O) groups is 1. The van der Waals surface area contributed by atoms with Gasteiger partial charge < -0.3 is 9.42 Å². The van der Waals surface area contributed by atoms with Gasteiger partial charge in [-0.1, -0.05) is 38.1 Å². The molecule has 1 aliphatic heterocycles. The van der Waals surface area contributed by atoms with Gasteiger partial charge in [0.1, 0.15) is 0 Å². The number of nitrogens with zero attached hydrogens (tertiary/aromatic N) is 3. The third kappa shape index (κ3) is 3.80. The van der Waals surface area contributed by atoms with Crippen molar-refractivity contribution in [1.82, 2.24) is 15.0 Å². The first-order valence-corrected chi connectivity index (χ1v) is 9.23. The highest BCUT2D eigenvalue weighted by Crippen LogP contribution is 2.31. The van der Waals surface area contributed by atoms with Gasteiger partial charge in [0.2, 0.25) is 12.3 Å². The number of likely N-dealkylation sites (tertiary alicyclic amines) is 1. The second-order valence-corrected chi connectivity index (χ2v) is 8.15. The van der Waals surface area contributed by atoms with Gasteiger partial charge in [-0.3, -0.25) is 4.79 Å². The standard InChI is InChI=1S/C18H23N3O2S/c1-18(2,3)13-6-8-14(9-7-13)24-11-16(22)21-10-4-5-15(21)17-19-12-23-20-17/h6-9,12,15H,4-5,10-11H2,1-3H3/t15-/m1/s1. The van der Waals surface area contributed by atoms with Crippen LogP contribution in [0.2, 0.25) is 0 Å². The molecule has 0 saturated carbocycles. The Balaban J connectivity index is 1.59. The second kappa shape index (κ2) is 6.97. The highest BCUT2D eigenvalue weighted by molar-refractivity contribution is 8.00. The molecule has 3 rings (SSSR count). The van der Waals surface area contributed by atoms with E-state index in [0.717, 1.165) is 24.3 Å². The number of carbonyl (C=O) groups excluding carboxylic acids is 1. The molecule has 1 aromatic heterocycles. The normalized spacial score (nSPS) is 18.1. The van der Waals surface area contributed by atoms with E-state index in [1.807, 2.05) is 4.90 Å². The summed E-state index contributed by atoms with van der Waals surface area (Å²) < 4.78 is 4.82. The van der Waals surface area contributed by atoms with E-state index in [4.69, 9.17) is 4.52 Å². The first kappa shape index (κ1) is 17.0. The van der Waals surface area contributed by atoms with E-state index >= 15 is 0 Å². The molecule has 1 fully saturated rings. The molecule has 1 aromatic carbocycles. The summed E-state index contributed by atoms with van der Waals surface area (Å²) in [6.45, 7) is 7.36. The van der Waals surface area contributed by atoms with E-state index in [-0.39, 0.29) is 17.4 Å². The van der Waals surface area contributed by atoms with Crippen LogP contribution in [0.5, 0.6) is 0 Å². The smallest absolute Gasteiger partial charge is 0.233 e. The lowest BCUT2D eigenvalue weighted by Crippen LogP contribution is -2.32. The largest absolute Gasteiger partial charge is 0.343 e. The summed E-state index contributed by atoms with van der Waals surface area (Å²) in [6.07, 6.45) is 3.20. The molecule has 0 spiro atoms. The van der Waals surface area contributed by atoms with Gasteiger partial charge in [-0.2, -0.15) is 4.98 Å². The molecule has 5 nitrogen and oxygen atoms in total. The summed E-state index contributed by atoms with van der Waals surface area (Å²) in [7, 11) is 0. The SMILES string of the molecule is CC(C)(C)c1ccc(SCC(=O)N2CCC[C@@H]2c2ncon2)cc1. The van der Waals surface area contributed by atoms with E-state index in [9.17, 15) is 4.79 Å². The molecule has 24 heavy (non-hydrogen) atoms. The summed E-state index contributed by atoms with van der Waals surface area (Å²) in [5.74, 6) is 1.18. The molecule has 2 heterocycles. The van der Waals surface area contributed by atoms with Gasteiger partial charge in [0.15, 0.2) is 5.82 Å². The predicted octanol–water partition coefficient (Wildman–Crippen LogP) is 3.82. The zero-order chi connectivity index (χ0) is 17.2. The molecule has 6 heteroatoms. The van der Waals surface area contributed by atoms with Crippen LogP contribution in [0.25, 0.3) is 0 Å². The lowest BCUT2D eigenvalue weighted by atomic mass is 9.87. The monoisotopic (exact) mass is 345 g/mol. The van der Waals surface area contributed by atoms with E-state index in [1.54, 1.807) is 11.8 Å². The van der Waals surface area contributed by atoms with Crippen molar-refractivity contribution >= 4 is 17.7 Å². The zero-order valence-electron chi connectivity index (χ0n) is 14.4. The fraction of sp³-hybridized carbons (Fsp3) is 0.500. The number of aromatic nitrogens is 2. The highest BCUT2D eigenvalue weighted by atomic mass is 32.2. The van der Waals surface area contributed by atoms with Crippen LogP contribution in [0.4, 0.5) is 0 Å². The topological polar surface area (TPSA) is 59.2 Å². The minimum Gasteiger partial charge on any atom is -0.343 e. The van der Waals surface area contributed by atoms with E-state index < -0.39 is 0 Å². The molecular weight excluding hydrogens is 322 g/mol. The molecule has 0 unspecified atom stereocenters. The molecule has 0 radical (unpaired) electrons. The third-order valence-electron chi connectivity index (χ3n) is 4.33. The van der Waals surface area contributed by atoms with Crippen LogP contribution in [0, 0.1) is 0 Å². The average Bonchev–Trinajstić information content (AvgIpc) is 3.22. The fourth-order valence-electron chi connectivity index (χ4n) is 2.94. The molecule has 0 N–H and O–H groups in total. The molecule has 1 amide bonds. The first-order valence-electron chi connectivity index (χ1n) is 8.24. The maximum absolute atomic E-state index is 12.6. The molecule has 2 aromatic rings. The zero-order valence-corrected chi connectivity index (χ0v) is 15.2. The average molecular weight is 345 g/mol. The number of amides is 1. The van der Waals surface area contributed by atoms with Crippen LogP contribution in [-0.2, 0) is 10.2 Å². The van der Waals surface area contributed by atoms with Crippen molar-refractivity contribution in [3.05, 3.63) is 42.0 Å². The maximum atomic E-state index is 12.6. The minimum atomic E-state index is -0.0416. The molecule has 1 atom stereocenters. The van der Waals surface area contributed by atoms with Crippen LogP contribution < -0.4 is 0 Å². The van der Waals surface area contributed by atoms with Crippen molar-refractivity contribution in [2.24, 2.45) is 0 Å². The molecular formula is C18H23N3O2S. The Morgan fingerprint density at radius 2 is 2.08 bits per heavy atom. The molecule has 1 aliphatic rings. The lowest BCUT2D eigenvalue weighted by molar-refractivity contribution is -0.129. The molecule has 1 saturated heterocycles. The highest BCUT2D eigenvalue weighted by Gasteiger charge is 2.32. The Hall–Kier alpha value is -1.82. The minimum absolute atomic E-state index is 0.0416.